The van der Waals surface area contributed by atoms with Crippen LogP contribution >= 0.6 is 0 Å². The van der Waals surface area contributed by atoms with Gasteiger partial charge in [-0.25, -0.2) is 8.78 Å². The zero-order valence-electron chi connectivity index (χ0n) is 51.0. The second-order valence-corrected chi connectivity index (χ2v) is 29.4. The van der Waals surface area contributed by atoms with Crippen LogP contribution in [0.3, 0.4) is 0 Å². The van der Waals surface area contributed by atoms with E-state index in [1.54, 1.807) is 24.3 Å². The number of rotatable bonds is 12. The first-order chi connectivity index (χ1) is 43.2. The molecular weight excluding hydrogens is 1100 g/mol. The molecule has 1 heterocycles. The molecule has 2 atom stereocenters. The van der Waals surface area contributed by atoms with Gasteiger partial charge in [0.25, 0.3) is 0 Å². The molecule has 15 rings (SSSR count). The molecule has 0 aromatic heterocycles. The summed E-state index contributed by atoms with van der Waals surface area (Å²) in [4.78, 5) is 4.60. The maximum Gasteiger partial charge on any atom is 0.123 e. The minimum Gasteiger partial charge on any atom is -0.310 e. The SMILES string of the molecule is C=Cc1ccc(C2(c3cc(C)ccc3C)c3ccccc3-c3ccc(N(c4ccc(F)cc4)c4ccc5c(c4)-c4cc(N(c6ccc(F)cc6)c6ccc7c(c6)C(c6ccc(C=C)cc6)(c6cc(C)ccc6C)c6ccccc6-7)ccc4[Si]5(C)C)cc32)cc1. The van der Waals surface area contributed by atoms with Gasteiger partial charge in [0, 0.05) is 34.1 Å². The van der Waals surface area contributed by atoms with Crippen molar-refractivity contribution in [2.75, 3.05) is 9.80 Å². The first kappa shape index (κ1) is 55.4. The summed E-state index contributed by atoms with van der Waals surface area (Å²) in [6.45, 7) is 21.9. The quantitative estimate of drug-likeness (QED) is 0.113. The number of anilines is 6. The lowest BCUT2D eigenvalue weighted by Crippen LogP contribution is -2.49. The summed E-state index contributed by atoms with van der Waals surface area (Å²) in [5, 5.41) is 2.69. The zero-order valence-corrected chi connectivity index (χ0v) is 52.0. The van der Waals surface area contributed by atoms with Crippen molar-refractivity contribution in [1.29, 1.82) is 0 Å². The van der Waals surface area contributed by atoms with Crippen LogP contribution in [-0.2, 0) is 10.8 Å². The number of fused-ring (bicyclic) bond motifs is 9. The summed E-state index contributed by atoms with van der Waals surface area (Å²) in [6.07, 6.45) is 3.81. The number of benzene rings is 12. The van der Waals surface area contributed by atoms with Crippen molar-refractivity contribution in [3.8, 4) is 33.4 Å². The second kappa shape index (κ2) is 21.0. The Morgan fingerprint density at radius 3 is 1.07 bits per heavy atom. The number of hydrogen-bond acceptors (Lipinski definition) is 2. The molecule has 2 aliphatic carbocycles. The van der Waals surface area contributed by atoms with Crippen LogP contribution in [0.15, 0.2) is 268 Å². The van der Waals surface area contributed by atoms with Gasteiger partial charge in [0.2, 0.25) is 0 Å². The first-order valence-corrected chi connectivity index (χ1v) is 33.7. The summed E-state index contributed by atoms with van der Waals surface area (Å²) in [7, 11) is -2.30. The van der Waals surface area contributed by atoms with Crippen LogP contribution in [0.25, 0.3) is 45.5 Å². The normalized spacial score (nSPS) is 16.1. The predicted octanol–water partition coefficient (Wildman–Crippen LogP) is 21.0. The van der Waals surface area contributed by atoms with E-state index in [1.165, 1.54) is 111 Å². The Bertz CT molecular complexity index is 4560. The lowest BCUT2D eigenvalue weighted by Gasteiger charge is -2.36. The van der Waals surface area contributed by atoms with Crippen molar-refractivity contribution >= 4 is 64.7 Å². The van der Waals surface area contributed by atoms with Gasteiger partial charge >= 0.3 is 0 Å². The number of aryl methyl sites for hydroxylation is 4. The average Bonchev–Trinajstić information content (AvgIpc) is 1.57. The molecule has 1 aliphatic heterocycles. The minimum atomic E-state index is -2.30. The zero-order chi connectivity index (χ0) is 61.1. The molecule has 0 bridgehead atoms. The van der Waals surface area contributed by atoms with Crippen molar-refractivity contribution < 1.29 is 8.78 Å². The molecule has 0 fully saturated rings. The van der Waals surface area contributed by atoms with Gasteiger partial charge in [-0.2, -0.15) is 0 Å². The molecule has 0 saturated heterocycles. The van der Waals surface area contributed by atoms with E-state index in [0.29, 0.717) is 0 Å². The highest BCUT2D eigenvalue weighted by atomic mass is 28.3. The van der Waals surface area contributed by atoms with Crippen molar-refractivity contribution in [2.24, 2.45) is 0 Å². The van der Waals surface area contributed by atoms with Crippen molar-refractivity contribution in [3.05, 3.63) is 357 Å². The Morgan fingerprint density at radius 2 is 0.674 bits per heavy atom. The summed E-state index contributed by atoms with van der Waals surface area (Å²) in [5.74, 6) is -0.593. The molecule has 0 spiro atoms. The van der Waals surface area contributed by atoms with E-state index < -0.39 is 18.9 Å². The van der Waals surface area contributed by atoms with Gasteiger partial charge in [-0.15, -0.1) is 0 Å². The van der Waals surface area contributed by atoms with Crippen LogP contribution in [-0.4, -0.2) is 8.07 Å². The predicted molar refractivity (Wildman–Crippen MR) is 372 cm³/mol. The van der Waals surface area contributed by atoms with E-state index in [0.717, 1.165) is 45.3 Å². The first-order valence-electron chi connectivity index (χ1n) is 30.7. The van der Waals surface area contributed by atoms with Crippen LogP contribution in [0.4, 0.5) is 42.9 Å². The largest absolute Gasteiger partial charge is 0.310 e. The van der Waals surface area contributed by atoms with Gasteiger partial charge in [0.15, 0.2) is 0 Å². The third-order valence-corrected chi connectivity index (χ3v) is 23.2. The molecule has 2 nitrogen and oxygen atoms in total. The van der Waals surface area contributed by atoms with E-state index in [2.05, 4.69) is 270 Å². The molecule has 0 amide bonds. The van der Waals surface area contributed by atoms with Crippen LogP contribution in [0.5, 0.6) is 0 Å². The highest BCUT2D eigenvalue weighted by Gasteiger charge is 2.49. The van der Waals surface area contributed by atoms with Gasteiger partial charge in [0.1, 0.15) is 19.7 Å². The Morgan fingerprint density at radius 1 is 0.326 bits per heavy atom. The van der Waals surface area contributed by atoms with Crippen molar-refractivity contribution in [3.63, 3.8) is 0 Å². The van der Waals surface area contributed by atoms with E-state index in [-0.39, 0.29) is 11.6 Å². The van der Waals surface area contributed by atoms with Gasteiger partial charge < -0.3 is 9.80 Å². The molecule has 2 unspecified atom stereocenters. The molecule has 0 N–H and O–H groups in total. The van der Waals surface area contributed by atoms with Crippen molar-refractivity contribution in [1.82, 2.24) is 0 Å². The van der Waals surface area contributed by atoms with Gasteiger partial charge in [-0.3, -0.25) is 0 Å². The summed E-state index contributed by atoms with van der Waals surface area (Å²) in [6, 6.07) is 90.8. The summed E-state index contributed by atoms with van der Waals surface area (Å²) < 4.78 is 30.4. The van der Waals surface area contributed by atoms with Crippen molar-refractivity contribution in [2.45, 2.75) is 51.6 Å². The number of nitrogens with zero attached hydrogens (tertiary/aromatic N) is 2. The fourth-order valence-corrected chi connectivity index (χ4v) is 18.5. The van der Waals surface area contributed by atoms with Crippen LogP contribution in [0.2, 0.25) is 13.1 Å². The van der Waals surface area contributed by atoms with Crippen LogP contribution < -0.4 is 20.2 Å². The summed E-state index contributed by atoms with van der Waals surface area (Å²) >= 11 is 0. The molecule has 0 saturated carbocycles. The third-order valence-electron chi connectivity index (χ3n) is 19.7. The third kappa shape index (κ3) is 8.46. The Labute approximate surface area is 522 Å². The fourth-order valence-electron chi connectivity index (χ4n) is 15.4. The molecule has 3 aliphatic rings. The van der Waals surface area contributed by atoms with Gasteiger partial charge in [-0.05, 0) is 235 Å². The maximum atomic E-state index is 15.2. The summed E-state index contributed by atoms with van der Waals surface area (Å²) in [5.41, 5.74) is 27.8. The molecule has 89 heavy (non-hydrogen) atoms. The molecule has 5 heteroatoms. The Kier molecular flexibility index (Phi) is 13.1. The molecule has 12 aromatic rings. The van der Waals surface area contributed by atoms with E-state index in [1.807, 2.05) is 36.4 Å². The smallest absolute Gasteiger partial charge is 0.123 e. The minimum absolute atomic E-state index is 0.296. The second-order valence-electron chi connectivity index (χ2n) is 25.0. The van der Waals surface area contributed by atoms with Gasteiger partial charge in [0.05, 0.1) is 10.8 Å². The monoisotopic (exact) mass is 1170 g/mol. The highest BCUT2D eigenvalue weighted by molar-refractivity contribution is 7.03. The lowest BCUT2D eigenvalue weighted by molar-refractivity contribution is 0.627. The van der Waals surface area contributed by atoms with Gasteiger partial charge in [-0.1, -0.05) is 207 Å². The van der Waals surface area contributed by atoms with E-state index >= 15 is 8.78 Å². The Balaban J connectivity index is 0.920. The molecule has 0 radical (unpaired) electrons. The number of hydrogen-bond donors (Lipinski definition) is 0. The molecular formula is C84H66F2N2Si. The van der Waals surface area contributed by atoms with Crippen LogP contribution in [0.1, 0.15) is 77.9 Å². The number of halogens is 2. The molecule has 430 valence electrons. The van der Waals surface area contributed by atoms with E-state index in [4.69, 9.17) is 0 Å². The standard InChI is InChI=1S/C84H66F2N2Si/c1-9-57-23-27-59(28-24-57)83(77-47-53(3)19-21-55(77)5)75-17-13-11-15-69(75)71-43-39-67(51-79(71)83)87(63-35-31-61(85)32-36-63)65-41-45-81-73(49-65)74-50-66(42-46-82(74)89(81,7)8)88(64-37-33-62(86)34-38-64)68-40-44-72-70-16-12-14-18-76(70)84(80(72)52-68,60-29-25-58(10-2)26-30-60)78-48-54(4)20-22-56(78)6/h9-52H,1-2H2,3-8H3. The highest BCUT2D eigenvalue weighted by Crippen LogP contribution is 2.60. The average molecular weight is 1170 g/mol. The lowest BCUT2D eigenvalue weighted by atomic mass is 9.66. The fraction of sp³-hybridized carbons (Fsp3) is 0.0952. The molecule has 12 aromatic carbocycles. The van der Waals surface area contributed by atoms with E-state index in [9.17, 15) is 0 Å². The topological polar surface area (TPSA) is 6.48 Å². The Hall–Kier alpha value is -10.2. The maximum absolute atomic E-state index is 15.2. The van der Waals surface area contributed by atoms with Crippen LogP contribution in [0, 0.1) is 39.3 Å².